The average Bonchev–Trinajstić information content (AvgIpc) is 1.93. The number of halogens is 1. The van der Waals surface area contributed by atoms with Crippen LogP contribution in [0.15, 0.2) is 18.2 Å². The fourth-order valence-electron chi connectivity index (χ4n) is 0.877. The van der Waals surface area contributed by atoms with Gasteiger partial charge in [-0.15, -0.1) is 0 Å². The Morgan fingerprint density at radius 3 is 2.54 bits per heavy atom. The van der Waals surface area contributed by atoms with Crippen LogP contribution in [0, 0.1) is 0 Å². The van der Waals surface area contributed by atoms with Crippen molar-refractivity contribution in [2.75, 3.05) is 5.73 Å². The molecule has 4 nitrogen and oxygen atoms in total. The average molecular weight is 222 g/mol. The van der Waals surface area contributed by atoms with E-state index < -0.39 is 15.9 Å². The second-order valence-electron chi connectivity index (χ2n) is 2.58. The van der Waals surface area contributed by atoms with E-state index in [9.17, 15) is 8.42 Å². The molecule has 3 N–H and O–H groups in total. The molecule has 0 saturated carbocycles. The van der Waals surface area contributed by atoms with Crippen molar-refractivity contribution in [2.24, 2.45) is 0 Å². The predicted molar refractivity (Wildman–Crippen MR) is 51.1 cm³/mol. The third-order valence-electron chi connectivity index (χ3n) is 1.42. The van der Waals surface area contributed by atoms with Gasteiger partial charge in [-0.3, -0.25) is 4.55 Å². The van der Waals surface area contributed by atoms with Crippen molar-refractivity contribution in [3.05, 3.63) is 28.8 Å². The maximum absolute atomic E-state index is 10.5. The third kappa shape index (κ3) is 3.22. The highest BCUT2D eigenvalue weighted by atomic mass is 35.5. The van der Waals surface area contributed by atoms with Crippen molar-refractivity contribution in [3.63, 3.8) is 0 Å². The molecule has 1 aromatic carbocycles. The van der Waals surface area contributed by atoms with Gasteiger partial charge >= 0.3 is 0 Å². The lowest BCUT2D eigenvalue weighted by atomic mass is 10.2. The number of benzene rings is 1. The van der Waals surface area contributed by atoms with E-state index in [1.165, 1.54) is 18.2 Å². The van der Waals surface area contributed by atoms with Gasteiger partial charge in [0.2, 0.25) is 0 Å². The first kappa shape index (κ1) is 10.3. The molecule has 13 heavy (non-hydrogen) atoms. The lowest BCUT2D eigenvalue weighted by Gasteiger charge is -2.02. The van der Waals surface area contributed by atoms with E-state index in [2.05, 4.69) is 0 Å². The minimum absolute atomic E-state index is 0.234. The summed E-state index contributed by atoms with van der Waals surface area (Å²) in [5.74, 6) is -0.494. The Bertz CT molecular complexity index is 416. The second-order valence-corrected chi connectivity index (χ2v) is 4.44. The molecule has 0 bridgehead atoms. The molecule has 0 saturated heterocycles. The molecular formula is C7H8ClNO3S. The standard InChI is InChI=1S/C7H8ClNO3S/c8-7-3-6(9)2-1-5(7)4-13(10,11)12/h1-3H,4,9H2,(H,10,11,12). The molecule has 0 aliphatic carbocycles. The molecule has 0 heterocycles. The fourth-order valence-corrected chi connectivity index (χ4v) is 1.86. The molecule has 0 fully saturated rings. The van der Waals surface area contributed by atoms with Crippen LogP contribution in [0.1, 0.15) is 5.56 Å². The maximum Gasteiger partial charge on any atom is 0.269 e. The van der Waals surface area contributed by atoms with Crippen LogP contribution in [-0.4, -0.2) is 13.0 Å². The van der Waals surface area contributed by atoms with Crippen molar-refractivity contribution in [2.45, 2.75) is 5.75 Å². The van der Waals surface area contributed by atoms with Crippen LogP contribution in [0.2, 0.25) is 5.02 Å². The van der Waals surface area contributed by atoms with E-state index >= 15 is 0 Å². The van der Waals surface area contributed by atoms with E-state index in [0.717, 1.165) is 0 Å². The molecule has 0 spiro atoms. The molecule has 0 radical (unpaired) electrons. The van der Waals surface area contributed by atoms with Crippen LogP contribution in [0.25, 0.3) is 0 Å². The highest BCUT2D eigenvalue weighted by molar-refractivity contribution is 7.85. The Hall–Kier alpha value is -0.780. The summed E-state index contributed by atoms with van der Waals surface area (Å²) < 4.78 is 29.6. The van der Waals surface area contributed by atoms with E-state index in [-0.39, 0.29) is 5.02 Å². The molecule has 0 amide bonds. The molecule has 6 heteroatoms. The highest BCUT2D eigenvalue weighted by Crippen LogP contribution is 2.20. The van der Waals surface area contributed by atoms with Crippen molar-refractivity contribution < 1.29 is 13.0 Å². The van der Waals surface area contributed by atoms with Gasteiger partial charge < -0.3 is 5.73 Å². The number of rotatable bonds is 2. The third-order valence-corrected chi connectivity index (χ3v) is 2.44. The molecular weight excluding hydrogens is 214 g/mol. The zero-order chi connectivity index (χ0) is 10.1. The molecule has 1 rings (SSSR count). The second kappa shape index (κ2) is 3.53. The van der Waals surface area contributed by atoms with Gasteiger partial charge in [-0.25, -0.2) is 0 Å². The minimum atomic E-state index is -4.04. The van der Waals surface area contributed by atoms with Gasteiger partial charge in [0, 0.05) is 10.7 Å². The first-order chi connectivity index (χ1) is 5.88. The Morgan fingerprint density at radius 1 is 1.46 bits per heavy atom. The first-order valence-electron chi connectivity index (χ1n) is 3.37. The van der Waals surface area contributed by atoms with Gasteiger partial charge in [0.05, 0.1) is 0 Å². The van der Waals surface area contributed by atoms with Crippen molar-refractivity contribution in [1.82, 2.24) is 0 Å². The predicted octanol–water partition coefficient (Wildman–Crippen LogP) is 1.31. The first-order valence-corrected chi connectivity index (χ1v) is 5.36. The Labute approximate surface area is 81.1 Å². The minimum Gasteiger partial charge on any atom is -0.399 e. The Morgan fingerprint density at radius 2 is 2.08 bits per heavy atom. The maximum atomic E-state index is 10.5. The van der Waals surface area contributed by atoms with Crippen molar-refractivity contribution in [3.8, 4) is 0 Å². The number of hydrogen-bond acceptors (Lipinski definition) is 3. The summed E-state index contributed by atoms with van der Waals surface area (Å²) in [6.07, 6.45) is 0. The highest BCUT2D eigenvalue weighted by Gasteiger charge is 2.09. The van der Waals surface area contributed by atoms with Gasteiger partial charge in [0.25, 0.3) is 10.1 Å². The number of anilines is 1. The van der Waals surface area contributed by atoms with Crippen LogP contribution in [0.3, 0.4) is 0 Å². The van der Waals surface area contributed by atoms with Gasteiger partial charge in [-0.1, -0.05) is 17.7 Å². The summed E-state index contributed by atoms with van der Waals surface area (Å²) in [6.45, 7) is 0. The normalized spacial score (nSPS) is 11.5. The number of nitrogens with two attached hydrogens (primary N) is 1. The van der Waals surface area contributed by atoms with Crippen LogP contribution in [0.5, 0.6) is 0 Å². The van der Waals surface area contributed by atoms with E-state index in [4.69, 9.17) is 21.9 Å². The summed E-state index contributed by atoms with van der Waals surface area (Å²) in [5, 5.41) is 0.234. The molecule has 0 unspecified atom stereocenters. The van der Waals surface area contributed by atoms with Crippen LogP contribution < -0.4 is 5.73 Å². The monoisotopic (exact) mass is 221 g/mol. The topological polar surface area (TPSA) is 80.4 Å². The molecule has 0 atom stereocenters. The quantitative estimate of drug-likeness (QED) is 0.583. The Balaban J connectivity index is 3.04. The summed E-state index contributed by atoms with van der Waals surface area (Å²) in [6, 6.07) is 4.42. The van der Waals surface area contributed by atoms with Gasteiger partial charge in [0.15, 0.2) is 0 Å². The summed E-state index contributed by atoms with van der Waals surface area (Å²) in [7, 11) is -4.04. The largest absolute Gasteiger partial charge is 0.399 e. The molecule has 1 aromatic rings. The van der Waals surface area contributed by atoms with Crippen molar-refractivity contribution >= 4 is 27.4 Å². The van der Waals surface area contributed by atoms with Gasteiger partial charge in [0.1, 0.15) is 5.75 Å². The zero-order valence-corrected chi connectivity index (χ0v) is 8.14. The lowest BCUT2D eigenvalue weighted by Crippen LogP contribution is -2.02. The molecule has 0 aliphatic heterocycles. The van der Waals surface area contributed by atoms with Crippen LogP contribution in [0.4, 0.5) is 5.69 Å². The number of hydrogen-bond donors (Lipinski definition) is 2. The van der Waals surface area contributed by atoms with Crippen LogP contribution in [-0.2, 0) is 15.9 Å². The number of nitrogen functional groups attached to an aromatic ring is 1. The molecule has 0 aromatic heterocycles. The fraction of sp³-hybridized carbons (Fsp3) is 0.143. The molecule has 72 valence electrons. The molecule has 0 aliphatic rings. The van der Waals surface area contributed by atoms with E-state index in [1.54, 1.807) is 0 Å². The SMILES string of the molecule is Nc1ccc(CS(=O)(=O)O)c(Cl)c1. The summed E-state index contributed by atoms with van der Waals surface area (Å²) in [5.41, 5.74) is 6.17. The zero-order valence-electron chi connectivity index (χ0n) is 6.57. The van der Waals surface area contributed by atoms with E-state index in [0.29, 0.717) is 11.3 Å². The smallest absolute Gasteiger partial charge is 0.269 e. The Kier molecular flexibility index (Phi) is 2.80. The van der Waals surface area contributed by atoms with E-state index in [1.807, 2.05) is 0 Å². The van der Waals surface area contributed by atoms with Crippen LogP contribution >= 0.6 is 11.6 Å². The summed E-state index contributed by atoms with van der Waals surface area (Å²) in [4.78, 5) is 0. The lowest BCUT2D eigenvalue weighted by molar-refractivity contribution is 0.482. The van der Waals surface area contributed by atoms with Crippen molar-refractivity contribution in [1.29, 1.82) is 0 Å². The van der Waals surface area contributed by atoms with Gasteiger partial charge in [-0.05, 0) is 17.7 Å². The van der Waals surface area contributed by atoms with Gasteiger partial charge in [-0.2, -0.15) is 8.42 Å². The summed E-state index contributed by atoms with van der Waals surface area (Å²) >= 11 is 5.68.